The highest BCUT2D eigenvalue weighted by atomic mass is 32.1. The van der Waals surface area contributed by atoms with Gasteiger partial charge in [0.05, 0.1) is 5.60 Å². The van der Waals surface area contributed by atoms with Gasteiger partial charge in [-0.15, -0.1) is 11.3 Å². The smallest absolute Gasteiger partial charge is 0.0686 e. The van der Waals surface area contributed by atoms with Crippen molar-refractivity contribution in [3.63, 3.8) is 0 Å². The fourth-order valence-electron chi connectivity index (χ4n) is 3.74. The fraction of sp³-hybridized carbons (Fsp3) is 0.765. The third kappa shape index (κ3) is 2.68. The Kier molecular flexibility index (Phi) is 4.21. The predicted octanol–water partition coefficient (Wildman–Crippen LogP) is 4.36. The maximum absolute atomic E-state index is 6.10. The van der Waals surface area contributed by atoms with E-state index in [1.54, 1.807) is 0 Å². The summed E-state index contributed by atoms with van der Waals surface area (Å²) in [5.41, 5.74) is 1.69. The molecule has 2 atom stereocenters. The SMILES string of the molecule is CCNC(c1cc(C)c(C)s1)C1CCOC2(CCC2)C1. The molecule has 20 heavy (non-hydrogen) atoms. The third-order valence-corrected chi connectivity index (χ3v) is 6.42. The quantitative estimate of drug-likeness (QED) is 0.890. The van der Waals surface area contributed by atoms with Crippen molar-refractivity contribution >= 4 is 11.3 Å². The summed E-state index contributed by atoms with van der Waals surface area (Å²) < 4.78 is 6.10. The molecule has 1 aliphatic carbocycles. The molecule has 2 aliphatic rings. The summed E-state index contributed by atoms with van der Waals surface area (Å²) in [6, 6.07) is 2.93. The molecule has 3 rings (SSSR count). The van der Waals surface area contributed by atoms with Crippen LogP contribution in [0, 0.1) is 19.8 Å². The lowest BCUT2D eigenvalue weighted by Crippen LogP contribution is -2.47. The van der Waals surface area contributed by atoms with Crippen LogP contribution in [-0.2, 0) is 4.74 Å². The molecule has 1 aromatic heterocycles. The summed E-state index contributed by atoms with van der Waals surface area (Å²) in [5, 5.41) is 3.75. The highest BCUT2D eigenvalue weighted by Gasteiger charge is 2.44. The van der Waals surface area contributed by atoms with Gasteiger partial charge in [-0.2, -0.15) is 0 Å². The van der Waals surface area contributed by atoms with Crippen LogP contribution in [0.4, 0.5) is 0 Å². The van der Waals surface area contributed by atoms with E-state index in [4.69, 9.17) is 4.74 Å². The molecule has 1 N–H and O–H groups in total. The van der Waals surface area contributed by atoms with Crippen molar-refractivity contribution in [2.45, 2.75) is 64.5 Å². The lowest BCUT2D eigenvalue weighted by atomic mass is 9.70. The molecule has 0 bridgehead atoms. The number of aryl methyl sites for hydroxylation is 2. The van der Waals surface area contributed by atoms with Gasteiger partial charge in [0.2, 0.25) is 0 Å². The zero-order valence-corrected chi connectivity index (χ0v) is 13.8. The third-order valence-electron chi connectivity index (χ3n) is 5.18. The summed E-state index contributed by atoms with van der Waals surface area (Å²) >= 11 is 1.98. The average Bonchev–Trinajstić information content (AvgIpc) is 2.74. The monoisotopic (exact) mass is 293 g/mol. The number of hydrogen-bond donors (Lipinski definition) is 1. The van der Waals surface area contributed by atoms with Crippen LogP contribution in [0.25, 0.3) is 0 Å². The van der Waals surface area contributed by atoms with Gasteiger partial charge in [-0.25, -0.2) is 0 Å². The maximum Gasteiger partial charge on any atom is 0.0686 e. The Labute approximate surface area is 126 Å². The molecule has 1 aromatic rings. The molecule has 0 radical (unpaired) electrons. The molecular formula is C17H27NOS. The van der Waals surface area contributed by atoms with E-state index < -0.39 is 0 Å². The number of ether oxygens (including phenoxy) is 1. The molecule has 2 nitrogen and oxygen atoms in total. The van der Waals surface area contributed by atoms with Gasteiger partial charge in [0.25, 0.3) is 0 Å². The fourth-order valence-corrected chi connectivity index (χ4v) is 4.96. The van der Waals surface area contributed by atoms with E-state index in [0.717, 1.165) is 19.1 Å². The minimum absolute atomic E-state index is 0.248. The molecule has 3 heteroatoms. The Balaban J connectivity index is 1.79. The van der Waals surface area contributed by atoms with E-state index >= 15 is 0 Å². The van der Waals surface area contributed by atoms with Crippen LogP contribution in [0.3, 0.4) is 0 Å². The first-order valence-corrected chi connectivity index (χ1v) is 8.89. The second kappa shape index (κ2) is 5.78. The summed E-state index contributed by atoms with van der Waals surface area (Å²) in [7, 11) is 0. The molecule has 2 unspecified atom stereocenters. The van der Waals surface area contributed by atoms with Gasteiger partial charge >= 0.3 is 0 Å². The molecule has 1 saturated heterocycles. The van der Waals surface area contributed by atoms with E-state index in [2.05, 4.69) is 32.2 Å². The van der Waals surface area contributed by atoms with Gasteiger partial charge in [0.1, 0.15) is 0 Å². The number of nitrogens with one attached hydrogen (secondary N) is 1. The van der Waals surface area contributed by atoms with E-state index in [0.29, 0.717) is 6.04 Å². The van der Waals surface area contributed by atoms with Gasteiger partial charge in [0.15, 0.2) is 0 Å². The highest BCUT2D eigenvalue weighted by Crippen LogP contribution is 2.47. The first kappa shape index (κ1) is 14.6. The zero-order valence-electron chi connectivity index (χ0n) is 13.0. The van der Waals surface area contributed by atoms with Gasteiger partial charge < -0.3 is 10.1 Å². The van der Waals surface area contributed by atoms with Crippen LogP contribution in [0.5, 0.6) is 0 Å². The van der Waals surface area contributed by atoms with Crippen LogP contribution in [0.1, 0.15) is 60.4 Å². The summed E-state index contributed by atoms with van der Waals surface area (Å²) in [4.78, 5) is 3.00. The lowest BCUT2D eigenvalue weighted by Gasteiger charge is -2.48. The Morgan fingerprint density at radius 2 is 2.25 bits per heavy atom. The van der Waals surface area contributed by atoms with E-state index in [-0.39, 0.29) is 5.60 Å². The van der Waals surface area contributed by atoms with Gasteiger partial charge in [-0.1, -0.05) is 6.92 Å². The lowest BCUT2D eigenvalue weighted by molar-refractivity contribution is -0.147. The van der Waals surface area contributed by atoms with Crippen molar-refractivity contribution in [2.24, 2.45) is 5.92 Å². The summed E-state index contributed by atoms with van der Waals surface area (Å²) in [5.74, 6) is 0.737. The largest absolute Gasteiger partial charge is 0.375 e. The molecular weight excluding hydrogens is 266 g/mol. The summed E-state index contributed by atoms with van der Waals surface area (Å²) in [6.45, 7) is 8.69. The van der Waals surface area contributed by atoms with Gasteiger partial charge in [0, 0.05) is 22.4 Å². The minimum Gasteiger partial charge on any atom is -0.375 e. The topological polar surface area (TPSA) is 21.3 Å². The first-order chi connectivity index (χ1) is 9.63. The minimum atomic E-state index is 0.248. The van der Waals surface area contributed by atoms with Crippen molar-refractivity contribution in [3.05, 3.63) is 21.4 Å². The Morgan fingerprint density at radius 3 is 2.80 bits per heavy atom. The van der Waals surface area contributed by atoms with Crippen LogP contribution in [0.2, 0.25) is 0 Å². The Bertz CT molecular complexity index is 444. The normalized spacial score (nSPS) is 26.4. The van der Waals surface area contributed by atoms with Crippen molar-refractivity contribution in [1.29, 1.82) is 0 Å². The Hall–Kier alpha value is -0.380. The molecule has 112 valence electrons. The standard InChI is InChI=1S/C17H27NOS/c1-4-18-16(15-10-12(2)13(3)20-15)14-6-9-19-17(11-14)7-5-8-17/h10,14,16,18H,4-9,11H2,1-3H3. The van der Waals surface area contributed by atoms with Crippen molar-refractivity contribution < 1.29 is 4.74 Å². The number of hydrogen-bond acceptors (Lipinski definition) is 3. The van der Waals surface area contributed by atoms with Crippen molar-refractivity contribution in [3.8, 4) is 0 Å². The molecule has 0 aromatic carbocycles. The van der Waals surface area contributed by atoms with Crippen LogP contribution >= 0.6 is 11.3 Å². The van der Waals surface area contributed by atoms with Gasteiger partial charge in [-0.05, 0) is 70.0 Å². The molecule has 1 spiro atoms. The Morgan fingerprint density at radius 1 is 1.45 bits per heavy atom. The maximum atomic E-state index is 6.10. The molecule has 1 saturated carbocycles. The van der Waals surface area contributed by atoms with Crippen LogP contribution in [0.15, 0.2) is 6.07 Å². The van der Waals surface area contributed by atoms with E-state index in [1.165, 1.54) is 47.4 Å². The summed E-state index contributed by atoms with van der Waals surface area (Å²) in [6.07, 6.45) is 6.38. The van der Waals surface area contributed by atoms with Crippen molar-refractivity contribution in [1.82, 2.24) is 5.32 Å². The van der Waals surface area contributed by atoms with Crippen LogP contribution in [-0.4, -0.2) is 18.8 Å². The molecule has 1 aliphatic heterocycles. The van der Waals surface area contributed by atoms with E-state index in [1.807, 2.05) is 11.3 Å². The number of rotatable bonds is 4. The second-order valence-electron chi connectivity index (χ2n) is 6.56. The van der Waals surface area contributed by atoms with Gasteiger partial charge in [-0.3, -0.25) is 0 Å². The van der Waals surface area contributed by atoms with Crippen molar-refractivity contribution in [2.75, 3.05) is 13.2 Å². The molecule has 2 fully saturated rings. The molecule has 2 heterocycles. The number of thiophene rings is 1. The second-order valence-corrected chi connectivity index (χ2v) is 7.85. The van der Waals surface area contributed by atoms with E-state index in [9.17, 15) is 0 Å². The van der Waals surface area contributed by atoms with Crippen LogP contribution < -0.4 is 5.32 Å². The zero-order chi connectivity index (χ0) is 14.2. The highest BCUT2D eigenvalue weighted by molar-refractivity contribution is 7.12. The molecule has 0 amide bonds. The first-order valence-electron chi connectivity index (χ1n) is 8.08. The average molecular weight is 293 g/mol. The predicted molar refractivity (Wildman–Crippen MR) is 85.5 cm³/mol.